The summed E-state index contributed by atoms with van der Waals surface area (Å²) in [5.41, 5.74) is -0.147. The highest BCUT2D eigenvalue weighted by atomic mass is 28.1. The highest BCUT2D eigenvalue weighted by Gasteiger charge is 2.42. The number of epoxide rings is 1. The van der Waals surface area contributed by atoms with Gasteiger partial charge in [-0.1, -0.05) is 0 Å². The maximum atomic E-state index is 5.79. The van der Waals surface area contributed by atoms with Crippen molar-refractivity contribution in [2.24, 2.45) is 0 Å². The fourth-order valence-corrected chi connectivity index (χ4v) is 2.44. The lowest BCUT2D eigenvalue weighted by Crippen LogP contribution is -2.52. The Morgan fingerprint density at radius 1 is 1.18 bits per heavy atom. The molecule has 1 fully saturated rings. The topological polar surface area (TPSA) is 49.5 Å². The van der Waals surface area contributed by atoms with E-state index in [-0.39, 0.29) is 11.8 Å². The van der Waals surface area contributed by atoms with Crippen LogP contribution in [0.1, 0.15) is 20.8 Å². The largest absolute Gasteiger partial charge is 0.375 e. The smallest absolute Gasteiger partial charge is 0.306 e. The molecule has 1 rings (SSSR count). The first kappa shape index (κ1) is 15.1. The third-order valence-corrected chi connectivity index (χ3v) is 3.52. The van der Waals surface area contributed by atoms with Gasteiger partial charge in [-0.05, 0) is 20.8 Å². The fraction of sp³-hybridized carbons (Fsp3) is 1.00. The maximum absolute atomic E-state index is 5.79. The molecule has 1 heterocycles. The summed E-state index contributed by atoms with van der Waals surface area (Å²) in [5, 5.41) is 0. The molecule has 0 radical (unpaired) electrons. The van der Waals surface area contributed by atoms with Crippen LogP contribution in [0.25, 0.3) is 0 Å². The maximum Gasteiger partial charge on any atom is 0.306 e. The van der Waals surface area contributed by atoms with Gasteiger partial charge in [0.15, 0.2) is 0 Å². The zero-order chi connectivity index (χ0) is 12.7. The van der Waals surface area contributed by atoms with E-state index in [0.29, 0.717) is 26.4 Å². The van der Waals surface area contributed by atoms with E-state index in [1.165, 1.54) is 0 Å². The Bertz CT molecular complexity index is 204. The second-order valence-corrected chi connectivity index (χ2v) is 4.88. The minimum Gasteiger partial charge on any atom is -0.375 e. The zero-order valence-electron chi connectivity index (χ0n) is 11.2. The van der Waals surface area contributed by atoms with E-state index < -0.39 is 5.97 Å². The van der Waals surface area contributed by atoms with Crippen molar-refractivity contribution in [3.8, 4) is 0 Å². The van der Waals surface area contributed by atoms with Crippen LogP contribution in [0.2, 0.25) is 0 Å². The Balaban J connectivity index is 2.60. The van der Waals surface area contributed by atoms with E-state index >= 15 is 0 Å². The van der Waals surface area contributed by atoms with Crippen LogP contribution in [0.5, 0.6) is 0 Å². The molecule has 0 amide bonds. The summed E-state index contributed by atoms with van der Waals surface area (Å²) >= 11 is 0. The van der Waals surface area contributed by atoms with Gasteiger partial charge >= 0.3 is 5.97 Å². The van der Waals surface area contributed by atoms with Crippen LogP contribution in [-0.4, -0.2) is 61.1 Å². The molecular weight excluding hydrogens is 240 g/mol. The summed E-state index contributed by atoms with van der Waals surface area (Å²) in [6, 6.07) is 0. The number of ether oxygens (including phenoxy) is 5. The lowest BCUT2D eigenvalue weighted by molar-refractivity contribution is -0.402. The Labute approximate surface area is 106 Å². The molecule has 2 atom stereocenters. The van der Waals surface area contributed by atoms with Crippen LogP contribution in [0.4, 0.5) is 0 Å². The van der Waals surface area contributed by atoms with Crippen molar-refractivity contribution in [1.29, 1.82) is 0 Å². The normalized spacial score (nSPS) is 21.7. The third-order valence-electron chi connectivity index (χ3n) is 2.48. The number of hydrogen-bond donors (Lipinski definition) is 0. The minimum absolute atomic E-state index is 0.147. The molecule has 1 saturated heterocycles. The van der Waals surface area contributed by atoms with Crippen molar-refractivity contribution in [1.82, 2.24) is 0 Å². The molecule has 0 aromatic carbocycles. The van der Waals surface area contributed by atoms with Gasteiger partial charge in [0, 0.05) is 30.1 Å². The van der Waals surface area contributed by atoms with Crippen molar-refractivity contribution in [3.63, 3.8) is 0 Å². The van der Waals surface area contributed by atoms with Crippen LogP contribution in [0, 0.1) is 0 Å². The fourth-order valence-electron chi connectivity index (χ4n) is 1.60. The first-order chi connectivity index (χ1) is 8.18. The zero-order valence-corrected chi connectivity index (χ0v) is 13.2. The second-order valence-electron chi connectivity index (χ2n) is 3.83. The molecule has 1 aliphatic rings. The van der Waals surface area contributed by atoms with Gasteiger partial charge in [0.1, 0.15) is 11.8 Å². The summed E-state index contributed by atoms with van der Waals surface area (Å²) in [5.74, 6) is -1.06. The van der Waals surface area contributed by atoms with E-state index in [0.717, 1.165) is 16.8 Å². The van der Waals surface area contributed by atoms with Gasteiger partial charge < -0.3 is 23.7 Å². The van der Waals surface area contributed by atoms with Crippen molar-refractivity contribution >= 4 is 10.2 Å². The molecule has 0 bridgehead atoms. The van der Waals surface area contributed by atoms with Gasteiger partial charge in [-0.25, -0.2) is 0 Å². The molecule has 6 heteroatoms. The monoisotopic (exact) mass is 264 g/mol. The molecule has 0 aromatic heterocycles. The van der Waals surface area contributed by atoms with Gasteiger partial charge in [-0.15, -0.1) is 0 Å². The highest BCUT2D eigenvalue weighted by Crippen LogP contribution is 2.24. The lowest BCUT2D eigenvalue weighted by atomic mass is 10.5. The van der Waals surface area contributed by atoms with E-state index in [2.05, 4.69) is 0 Å². The first-order valence-corrected chi connectivity index (χ1v) is 7.49. The highest BCUT2D eigenvalue weighted by molar-refractivity contribution is 6.11. The molecule has 2 unspecified atom stereocenters. The second kappa shape index (κ2) is 7.45. The molecule has 17 heavy (non-hydrogen) atoms. The molecule has 0 N–H and O–H groups in total. The summed E-state index contributed by atoms with van der Waals surface area (Å²) in [6.45, 7) is 8.72. The van der Waals surface area contributed by atoms with Gasteiger partial charge in [0.2, 0.25) is 0 Å². The minimum atomic E-state index is -1.06. The summed E-state index contributed by atoms with van der Waals surface area (Å²) in [7, 11) is 0.777. The number of rotatable bonds is 10. The summed E-state index contributed by atoms with van der Waals surface area (Å²) in [4.78, 5) is 0. The third kappa shape index (κ3) is 4.65. The van der Waals surface area contributed by atoms with Gasteiger partial charge in [-0.2, -0.15) is 0 Å². The van der Waals surface area contributed by atoms with Crippen LogP contribution in [-0.2, 0) is 23.7 Å². The van der Waals surface area contributed by atoms with Gasteiger partial charge in [0.25, 0.3) is 0 Å². The Morgan fingerprint density at radius 2 is 1.76 bits per heavy atom. The van der Waals surface area contributed by atoms with E-state index in [1.54, 1.807) is 0 Å². The lowest BCUT2D eigenvalue weighted by Gasteiger charge is -2.37. The van der Waals surface area contributed by atoms with Crippen LogP contribution >= 0.6 is 0 Å². The van der Waals surface area contributed by atoms with Crippen LogP contribution in [0.15, 0.2) is 0 Å². The summed E-state index contributed by atoms with van der Waals surface area (Å²) < 4.78 is 27.9. The standard InChI is InChI=1S/C11H24O5Si/c1-4-12-10(17)11(14-5-2,15-6-3)16-8-9-7-13-9/h9-10H,4-8H2,1-3,17H3. The molecule has 0 aromatic rings. The van der Waals surface area contributed by atoms with Crippen molar-refractivity contribution in [2.45, 2.75) is 38.6 Å². The number of hydrogen-bond acceptors (Lipinski definition) is 5. The van der Waals surface area contributed by atoms with Gasteiger partial charge in [-0.3, -0.25) is 0 Å². The average molecular weight is 264 g/mol. The van der Waals surface area contributed by atoms with Crippen LogP contribution in [0.3, 0.4) is 0 Å². The SMILES string of the molecule is CCOC([SiH3])C(OCC)(OCC)OCC1CO1. The Kier molecular flexibility index (Phi) is 6.61. The molecule has 0 aliphatic carbocycles. The molecule has 5 nitrogen and oxygen atoms in total. The Hall–Kier alpha value is 0.0169. The quantitative estimate of drug-likeness (QED) is 0.312. The first-order valence-electron chi connectivity index (χ1n) is 6.33. The predicted octanol–water partition coefficient (Wildman–Crippen LogP) is -0.143. The average Bonchev–Trinajstić information content (AvgIpc) is 3.10. The van der Waals surface area contributed by atoms with Crippen molar-refractivity contribution in [2.75, 3.05) is 33.0 Å². The molecule has 1 aliphatic heterocycles. The van der Waals surface area contributed by atoms with E-state index in [9.17, 15) is 0 Å². The molecular formula is C11H24O5Si. The molecule has 0 spiro atoms. The Morgan fingerprint density at radius 3 is 2.18 bits per heavy atom. The van der Waals surface area contributed by atoms with Crippen molar-refractivity contribution in [3.05, 3.63) is 0 Å². The van der Waals surface area contributed by atoms with Gasteiger partial charge in [0.05, 0.1) is 13.2 Å². The predicted molar refractivity (Wildman–Crippen MR) is 67.0 cm³/mol. The summed E-state index contributed by atoms with van der Waals surface area (Å²) in [6.07, 6.45) is 0.186. The van der Waals surface area contributed by atoms with E-state index in [1.807, 2.05) is 20.8 Å². The molecule has 102 valence electrons. The van der Waals surface area contributed by atoms with Crippen LogP contribution < -0.4 is 0 Å². The van der Waals surface area contributed by atoms with Crippen molar-refractivity contribution < 1.29 is 23.7 Å². The molecule has 0 saturated carbocycles. The van der Waals surface area contributed by atoms with E-state index in [4.69, 9.17) is 23.7 Å².